The van der Waals surface area contributed by atoms with E-state index in [1.54, 1.807) is 0 Å². The lowest BCUT2D eigenvalue weighted by Crippen LogP contribution is -2.44. The topological polar surface area (TPSA) is 55.4 Å². The van der Waals surface area contributed by atoms with Crippen molar-refractivity contribution in [2.24, 2.45) is 0 Å². The maximum Gasteiger partial charge on any atom is 0.329 e. The minimum Gasteiger partial charge on any atom is -0.467 e. The molecule has 0 aliphatic heterocycles. The molecule has 4 nitrogen and oxygen atoms in total. The van der Waals surface area contributed by atoms with E-state index in [9.17, 15) is 9.59 Å². The highest BCUT2D eigenvalue weighted by Gasteiger charge is 2.35. The highest BCUT2D eigenvalue weighted by molar-refractivity contribution is 5.91. The van der Waals surface area contributed by atoms with Gasteiger partial charge in [0, 0.05) is 5.92 Å². The summed E-state index contributed by atoms with van der Waals surface area (Å²) < 4.78 is 4.80. The number of rotatable bonds is 4. The summed E-state index contributed by atoms with van der Waals surface area (Å²) in [4.78, 5) is 23.4. The summed E-state index contributed by atoms with van der Waals surface area (Å²) in [6.07, 6.45) is 2.91. The fourth-order valence-electron chi connectivity index (χ4n) is 2.60. The van der Waals surface area contributed by atoms with Crippen molar-refractivity contribution in [2.45, 2.75) is 24.8 Å². The maximum absolute atomic E-state index is 11.9. The van der Waals surface area contributed by atoms with Crippen LogP contribution < -0.4 is 5.32 Å². The lowest BCUT2D eigenvalue weighted by Gasteiger charge is -2.22. The molecule has 0 heterocycles. The van der Waals surface area contributed by atoms with Gasteiger partial charge in [-0.25, -0.2) is 4.79 Å². The van der Waals surface area contributed by atoms with Crippen molar-refractivity contribution < 1.29 is 14.3 Å². The van der Waals surface area contributed by atoms with Gasteiger partial charge in [-0.15, -0.1) is 0 Å². The van der Waals surface area contributed by atoms with Crippen molar-refractivity contribution in [1.29, 1.82) is 0 Å². The van der Waals surface area contributed by atoms with Gasteiger partial charge in [-0.2, -0.15) is 0 Å². The van der Waals surface area contributed by atoms with Crippen molar-refractivity contribution >= 4 is 11.9 Å². The molecular weight excluding hydrogens is 242 g/mol. The van der Waals surface area contributed by atoms with E-state index in [4.69, 9.17) is 4.74 Å². The van der Waals surface area contributed by atoms with Crippen molar-refractivity contribution in [1.82, 2.24) is 5.32 Å². The van der Waals surface area contributed by atoms with Gasteiger partial charge in [0.2, 0.25) is 5.91 Å². The average Bonchev–Trinajstić information content (AvgIpc) is 2.87. The highest BCUT2D eigenvalue weighted by Crippen LogP contribution is 2.35. The number of amides is 1. The van der Waals surface area contributed by atoms with Gasteiger partial charge in [-0.3, -0.25) is 4.79 Å². The molecule has 4 heteroatoms. The Morgan fingerprint density at radius 1 is 1.47 bits per heavy atom. The number of hydrogen-bond donors (Lipinski definition) is 1. The van der Waals surface area contributed by atoms with Crippen LogP contribution in [0.3, 0.4) is 0 Å². The minimum atomic E-state index is -0.654. The van der Waals surface area contributed by atoms with Gasteiger partial charge >= 0.3 is 5.97 Å². The molecule has 100 valence electrons. The molecule has 0 radical (unpaired) electrons. The van der Waals surface area contributed by atoms with Gasteiger partial charge in [0.05, 0.1) is 7.11 Å². The molecule has 1 amide bonds. The van der Waals surface area contributed by atoms with Gasteiger partial charge < -0.3 is 10.1 Å². The zero-order valence-corrected chi connectivity index (χ0v) is 10.9. The van der Waals surface area contributed by atoms with E-state index in [1.807, 2.05) is 18.2 Å². The molecule has 2 atom stereocenters. The molecular formula is C15H17NO3. The number of nitrogens with one attached hydrogen (secondary N) is 1. The summed E-state index contributed by atoms with van der Waals surface area (Å²) in [7, 11) is 1.33. The van der Waals surface area contributed by atoms with Gasteiger partial charge in [0.1, 0.15) is 6.04 Å². The van der Waals surface area contributed by atoms with Crippen molar-refractivity contribution in [3.05, 3.63) is 48.0 Å². The Morgan fingerprint density at radius 2 is 2.21 bits per heavy atom. The van der Waals surface area contributed by atoms with E-state index in [2.05, 4.69) is 18.0 Å². The second-order valence-electron chi connectivity index (χ2n) is 4.56. The Kier molecular flexibility index (Phi) is 4.00. The summed E-state index contributed by atoms with van der Waals surface area (Å²) in [5.74, 6) is -0.816. The van der Waals surface area contributed by atoms with Crippen LogP contribution in [0.1, 0.15) is 23.5 Å². The largest absolute Gasteiger partial charge is 0.467 e. The first kappa shape index (κ1) is 13.3. The van der Waals surface area contributed by atoms with Crippen LogP contribution in [0.2, 0.25) is 0 Å². The number of carbonyl (C=O) groups excluding carboxylic acids is 2. The highest BCUT2D eigenvalue weighted by atomic mass is 16.5. The molecule has 1 aliphatic rings. The van der Waals surface area contributed by atoms with E-state index in [-0.39, 0.29) is 11.8 Å². The zero-order chi connectivity index (χ0) is 13.8. The quantitative estimate of drug-likeness (QED) is 0.659. The summed E-state index contributed by atoms with van der Waals surface area (Å²) in [5.41, 5.74) is 2.34. The number of hydrogen-bond acceptors (Lipinski definition) is 3. The molecule has 1 N–H and O–H groups in total. The molecule has 1 aromatic rings. The van der Waals surface area contributed by atoms with Gasteiger partial charge in [-0.1, -0.05) is 30.8 Å². The lowest BCUT2D eigenvalue weighted by molar-refractivity contribution is -0.145. The lowest BCUT2D eigenvalue weighted by atomic mass is 9.93. The number of benzene rings is 1. The zero-order valence-electron chi connectivity index (χ0n) is 10.9. The number of carbonyl (C=O) groups is 2. The summed E-state index contributed by atoms with van der Waals surface area (Å²) in [6, 6.07) is 7.33. The normalized spacial score (nSPS) is 18.3. The Labute approximate surface area is 112 Å². The first-order valence-electron chi connectivity index (χ1n) is 6.26. The van der Waals surface area contributed by atoms with E-state index in [0.717, 1.165) is 24.5 Å². The fourth-order valence-corrected chi connectivity index (χ4v) is 2.60. The number of esters is 1. The predicted octanol–water partition coefficient (Wildman–Crippen LogP) is 1.56. The Bertz CT molecular complexity index is 510. The maximum atomic E-state index is 11.9. The summed E-state index contributed by atoms with van der Waals surface area (Å²) in [5, 5.41) is 2.67. The van der Waals surface area contributed by atoms with Crippen LogP contribution in [0.5, 0.6) is 0 Å². The van der Waals surface area contributed by atoms with Crippen LogP contribution in [0.4, 0.5) is 0 Å². The molecule has 2 unspecified atom stereocenters. The molecule has 1 aliphatic carbocycles. The van der Waals surface area contributed by atoms with Crippen molar-refractivity contribution in [3.8, 4) is 0 Å². The Hall–Kier alpha value is -2.10. The van der Waals surface area contributed by atoms with E-state index in [1.165, 1.54) is 12.7 Å². The predicted molar refractivity (Wildman–Crippen MR) is 71.6 cm³/mol. The number of aryl methyl sites for hydroxylation is 1. The van der Waals surface area contributed by atoms with Gasteiger partial charge in [0.25, 0.3) is 0 Å². The smallest absolute Gasteiger partial charge is 0.329 e. The first-order chi connectivity index (χ1) is 9.17. The van der Waals surface area contributed by atoms with Gasteiger partial charge in [0.15, 0.2) is 0 Å². The van der Waals surface area contributed by atoms with Gasteiger partial charge in [-0.05, 0) is 30.0 Å². The summed E-state index contributed by atoms with van der Waals surface area (Å²) in [6.45, 7) is 3.41. The number of ether oxygens (including phenoxy) is 1. The molecule has 0 fully saturated rings. The molecule has 1 aromatic carbocycles. The minimum absolute atomic E-state index is 0.0347. The van der Waals surface area contributed by atoms with Crippen LogP contribution in [-0.2, 0) is 20.7 Å². The molecule has 0 bridgehead atoms. The van der Waals surface area contributed by atoms with Crippen LogP contribution in [0.15, 0.2) is 36.9 Å². The third-order valence-corrected chi connectivity index (χ3v) is 3.52. The standard InChI is InChI=1S/C15H17NO3/c1-3-13(17)16-14(15(18)19-2)12-9-8-10-6-4-5-7-11(10)12/h3-7,12,14H,1,8-9H2,2H3,(H,16,17). The fraction of sp³-hybridized carbons (Fsp3) is 0.333. The summed E-state index contributed by atoms with van der Waals surface area (Å²) >= 11 is 0. The van der Waals surface area contributed by atoms with E-state index in [0.29, 0.717) is 0 Å². The first-order valence-corrected chi connectivity index (χ1v) is 6.26. The molecule has 0 spiro atoms. The van der Waals surface area contributed by atoms with E-state index >= 15 is 0 Å². The average molecular weight is 259 g/mol. The van der Waals surface area contributed by atoms with Crippen molar-refractivity contribution in [2.75, 3.05) is 7.11 Å². The molecule has 0 aromatic heterocycles. The third kappa shape index (κ3) is 2.67. The molecule has 2 rings (SSSR count). The second kappa shape index (κ2) is 5.69. The third-order valence-electron chi connectivity index (χ3n) is 3.52. The van der Waals surface area contributed by atoms with E-state index < -0.39 is 12.0 Å². The molecule has 0 saturated heterocycles. The Morgan fingerprint density at radius 3 is 2.89 bits per heavy atom. The Balaban J connectivity index is 2.27. The molecule has 19 heavy (non-hydrogen) atoms. The van der Waals surface area contributed by atoms with Crippen LogP contribution in [0, 0.1) is 0 Å². The van der Waals surface area contributed by atoms with Crippen LogP contribution in [0.25, 0.3) is 0 Å². The number of methoxy groups -OCH3 is 1. The van der Waals surface area contributed by atoms with Crippen LogP contribution >= 0.6 is 0 Å². The van der Waals surface area contributed by atoms with Crippen LogP contribution in [-0.4, -0.2) is 25.0 Å². The van der Waals surface area contributed by atoms with Crippen molar-refractivity contribution in [3.63, 3.8) is 0 Å². The molecule has 0 saturated carbocycles. The monoisotopic (exact) mass is 259 g/mol. The SMILES string of the molecule is C=CC(=O)NC(C(=O)OC)C1CCc2ccccc21. The second-order valence-corrected chi connectivity index (χ2v) is 4.56. The number of fused-ring (bicyclic) bond motifs is 1.